The van der Waals surface area contributed by atoms with Gasteiger partial charge in [-0.3, -0.25) is 0 Å². The Morgan fingerprint density at radius 3 is 2.59 bits per heavy atom. The molecule has 154 valence electrons. The standard InChI is InChI=1S/C18H29F3N4O2/c1-3-5-14(8-9-26)10-24-17(22-4-2)25-12-15-6-7-16(23-11-15)27-13-18(19,20)21/h6-7,11,14,26H,3-5,8-10,12-13H2,1-2H3,(H2,22,24,25). The summed E-state index contributed by atoms with van der Waals surface area (Å²) in [5, 5.41) is 15.5. The van der Waals surface area contributed by atoms with Gasteiger partial charge in [-0.05, 0) is 31.2 Å². The summed E-state index contributed by atoms with van der Waals surface area (Å²) >= 11 is 0. The fourth-order valence-corrected chi connectivity index (χ4v) is 2.44. The van der Waals surface area contributed by atoms with Gasteiger partial charge in [-0.25, -0.2) is 9.98 Å². The lowest BCUT2D eigenvalue weighted by Gasteiger charge is -2.18. The highest BCUT2D eigenvalue weighted by molar-refractivity contribution is 5.79. The van der Waals surface area contributed by atoms with E-state index in [1.54, 1.807) is 6.07 Å². The number of nitrogens with zero attached hydrogens (tertiary/aromatic N) is 2. The van der Waals surface area contributed by atoms with Gasteiger partial charge in [0.1, 0.15) is 0 Å². The molecule has 0 spiro atoms. The number of hydrogen-bond donors (Lipinski definition) is 3. The van der Waals surface area contributed by atoms with E-state index in [0.29, 0.717) is 31.5 Å². The van der Waals surface area contributed by atoms with Crippen LogP contribution in [-0.4, -0.2) is 48.5 Å². The molecule has 0 radical (unpaired) electrons. The van der Waals surface area contributed by atoms with Crippen LogP contribution in [0.4, 0.5) is 13.2 Å². The van der Waals surface area contributed by atoms with Gasteiger partial charge in [-0.1, -0.05) is 19.4 Å². The molecule has 9 heteroatoms. The van der Waals surface area contributed by atoms with E-state index in [0.717, 1.165) is 24.8 Å². The molecule has 0 bridgehead atoms. The van der Waals surface area contributed by atoms with Crippen molar-refractivity contribution in [3.63, 3.8) is 0 Å². The number of aliphatic hydroxyl groups is 1. The van der Waals surface area contributed by atoms with Crippen LogP contribution in [0.5, 0.6) is 5.88 Å². The van der Waals surface area contributed by atoms with Gasteiger partial charge in [-0.2, -0.15) is 13.2 Å². The second-order valence-corrected chi connectivity index (χ2v) is 6.15. The summed E-state index contributed by atoms with van der Waals surface area (Å²) in [5.74, 6) is 0.945. The fraction of sp³-hybridized carbons (Fsp3) is 0.667. The summed E-state index contributed by atoms with van der Waals surface area (Å²) in [7, 11) is 0. The number of ether oxygens (including phenoxy) is 1. The third kappa shape index (κ3) is 10.6. The molecule has 0 aliphatic rings. The van der Waals surface area contributed by atoms with E-state index in [2.05, 4.69) is 32.3 Å². The highest BCUT2D eigenvalue weighted by Gasteiger charge is 2.28. The number of aliphatic hydroxyl groups excluding tert-OH is 1. The monoisotopic (exact) mass is 390 g/mol. The lowest BCUT2D eigenvalue weighted by molar-refractivity contribution is -0.154. The lowest BCUT2D eigenvalue weighted by Crippen LogP contribution is -2.40. The molecule has 6 nitrogen and oxygen atoms in total. The molecule has 0 aromatic carbocycles. The third-order valence-electron chi connectivity index (χ3n) is 3.74. The maximum Gasteiger partial charge on any atom is 0.422 e. The van der Waals surface area contributed by atoms with E-state index in [1.165, 1.54) is 12.3 Å². The summed E-state index contributed by atoms with van der Waals surface area (Å²) in [6, 6.07) is 3.03. The molecule has 1 rings (SSSR count). The summed E-state index contributed by atoms with van der Waals surface area (Å²) < 4.78 is 41.0. The van der Waals surface area contributed by atoms with Crippen LogP contribution < -0.4 is 15.4 Å². The number of hydrogen-bond acceptors (Lipinski definition) is 4. The van der Waals surface area contributed by atoms with Crippen LogP contribution in [0.1, 0.15) is 38.7 Å². The molecule has 0 aliphatic heterocycles. The van der Waals surface area contributed by atoms with Gasteiger partial charge < -0.3 is 20.5 Å². The number of nitrogens with one attached hydrogen (secondary N) is 2. The Labute approximate surface area is 158 Å². The zero-order valence-electron chi connectivity index (χ0n) is 15.9. The van der Waals surface area contributed by atoms with Crippen molar-refractivity contribution < 1.29 is 23.0 Å². The van der Waals surface area contributed by atoms with Gasteiger partial charge in [0.05, 0.1) is 6.54 Å². The Morgan fingerprint density at radius 1 is 1.26 bits per heavy atom. The van der Waals surface area contributed by atoms with Gasteiger partial charge in [0, 0.05) is 32.0 Å². The Balaban J connectivity index is 2.58. The predicted octanol–water partition coefficient (Wildman–Crippen LogP) is 2.88. The van der Waals surface area contributed by atoms with Crippen molar-refractivity contribution in [2.75, 3.05) is 26.3 Å². The quantitative estimate of drug-likeness (QED) is 0.400. The van der Waals surface area contributed by atoms with Crippen LogP contribution in [-0.2, 0) is 6.54 Å². The van der Waals surface area contributed by atoms with Crippen LogP contribution in [0.25, 0.3) is 0 Å². The molecule has 1 heterocycles. The van der Waals surface area contributed by atoms with Gasteiger partial charge in [0.15, 0.2) is 12.6 Å². The molecule has 3 N–H and O–H groups in total. The van der Waals surface area contributed by atoms with E-state index in [1.807, 2.05) is 6.92 Å². The first kappa shape index (κ1) is 23.0. The smallest absolute Gasteiger partial charge is 0.422 e. The second-order valence-electron chi connectivity index (χ2n) is 6.15. The predicted molar refractivity (Wildman–Crippen MR) is 98.7 cm³/mol. The minimum absolute atomic E-state index is 0.0727. The van der Waals surface area contributed by atoms with E-state index in [-0.39, 0.29) is 12.5 Å². The minimum Gasteiger partial charge on any atom is -0.468 e. The molecular weight excluding hydrogens is 361 g/mol. The van der Waals surface area contributed by atoms with E-state index in [9.17, 15) is 13.2 Å². The molecule has 0 saturated carbocycles. The van der Waals surface area contributed by atoms with Crippen molar-refractivity contribution in [1.29, 1.82) is 0 Å². The Kier molecular flexibility index (Phi) is 10.5. The Morgan fingerprint density at radius 2 is 2.04 bits per heavy atom. The van der Waals surface area contributed by atoms with Gasteiger partial charge in [-0.15, -0.1) is 0 Å². The molecule has 1 unspecified atom stereocenters. The molecule has 27 heavy (non-hydrogen) atoms. The maximum atomic E-state index is 12.1. The van der Waals surface area contributed by atoms with Crippen LogP contribution in [0.2, 0.25) is 0 Å². The molecule has 1 aromatic heterocycles. The number of rotatable bonds is 11. The van der Waals surface area contributed by atoms with Crippen LogP contribution in [0.3, 0.4) is 0 Å². The normalized spacial score (nSPS) is 13.3. The number of guanidine groups is 1. The first-order valence-electron chi connectivity index (χ1n) is 9.15. The topological polar surface area (TPSA) is 78.8 Å². The van der Waals surface area contributed by atoms with E-state index in [4.69, 9.17) is 5.11 Å². The van der Waals surface area contributed by atoms with Gasteiger partial charge >= 0.3 is 6.18 Å². The maximum absolute atomic E-state index is 12.1. The number of aromatic nitrogens is 1. The van der Waals surface area contributed by atoms with Crippen molar-refractivity contribution in [2.24, 2.45) is 10.9 Å². The number of alkyl halides is 3. The van der Waals surface area contributed by atoms with Crippen molar-refractivity contribution >= 4 is 5.96 Å². The van der Waals surface area contributed by atoms with E-state index >= 15 is 0 Å². The molecule has 0 fully saturated rings. The van der Waals surface area contributed by atoms with Crippen molar-refractivity contribution in [3.05, 3.63) is 23.9 Å². The van der Waals surface area contributed by atoms with E-state index < -0.39 is 12.8 Å². The zero-order valence-corrected chi connectivity index (χ0v) is 15.9. The molecule has 0 saturated heterocycles. The first-order chi connectivity index (χ1) is 12.9. The van der Waals surface area contributed by atoms with Crippen molar-refractivity contribution in [2.45, 2.75) is 45.8 Å². The largest absolute Gasteiger partial charge is 0.468 e. The first-order valence-corrected chi connectivity index (χ1v) is 9.15. The number of aliphatic imine (C=N–C) groups is 1. The highest BCUT2D eigenvalue weighted by atomic mass is 19.4. The number of pyridine rings is 1. The van der Waals surface area contributed by atoms with Crippen LogP contribution in [0, 0.1) is 5.92 Å². The van der Waals surface area contributed by atoms with Crippen LogP contribution in [0.15, 0.2) is 23.3 Å². The molecule has 1 atom stereocenters. The molecule has 0 amide bonds. The Hall–Kier alpha value is -2.03. The SMILES string of the molecule is CCCC(CCO)CNC(=NCc1ccc(OCC(F)(F)F)nc1)NCC. The molecule has 0 aliphatic carbocycles. The lowest BCUT2D eigenvalue weighted by atomic mass is 10.0. The summed E-state index contributed by atoms with van der Waals surface area (Å²) in [4.78, 5) is 8.33. The average Bonchev–Trinajstić information content (AvgIpc) is 2.62. The summed E-state index contributed by atoms with van der Waals surface area (Å²) in [5.41, 5.74) is 0.757. The summed E-state index contributed by atoms with van der Waals surface area (Å²) in [6.45, 7) is 4.62. The molecule has 1 aromatic rings. The fourth-order valence-electron chi connectivity index (χ4n) is 2.44. The second kappa shape index (κ2) is 12.4. The third-order valence-corrected chi connectivity index (χ3v) is 3.74. The van der Waals surface area contributed by atoms with Crippen LogP contribution >= 0.6 is 0 Å². The zero-order chi connectivity index (χ0) is 20.1. The highest BCUT2D eigenvalue weighted by Crippen LogP contribution is 2.17. The van der Waals surface area contributed by atoms with Crippen molar-refractivity contribution in [1.82, 2.24) is 15.6 Å². The van der Waals surface area contributed by atoms with Crippen molar-refractivity contribution in [3.8, 4) is 5.88 Å². The Bertz CT molecular complexity index is 545. The average molecular weight is 390 g/mol. The summed E-state index contributed by atoms with van der Waals surface area (Å²) in [6.07, 6.45) is -0.124. The number of halogens is 3. The minimum atomic E-state index is -4.39. The van der Waals surface area contributed by atoms with Gasteiger partial charge in [0.2, 0.25) is 5.88 Å². The molecular formula is C18H29F3N4O2. The van der Waals surface area contributed by atoms with Gasteiger partial charge in [0.25, 0.3) is 0 Å².